The first-order valence-electron chi connectivity index (χ1n) is 11.0. The number of benzene rings is 2. The molecule has 212 valence electrons. The minimum Gasteiger partial charge on any atom is -0.475 e. The molecule has 0 aliphatic carbocycles. The van der Waals surface area contributed by atoms with Gasteiger partial charge < -0.3 is 10.0 Å². The molecule has 9 nitrogen and oxygen atoms in total. The van der Waals surface area contributed by atoms with E-state index in [1.165, 1.54) is 30.6 Å². The van der Waals surface area contributed by atoms with Crippen LogP contribution in [0.15, 0.2) is 47.6 Å². The minimum absolute atomic E-state index is 0.0410. The Bertz CT molecular complexity index is 1410. The number of nitrogens with zero attached hydrogens (tertiary/aromatic N) is 4. The van der Waals surface area contributed by atoms with Crippen molar-refractivity contribution in [1.29, 1.82) is 0 Å². The first-order chi connectivity index (χ1) is 18.2. The van der Waals surface area contributed by atoms with Crippen molar-refractivity contribution in [2.24, 2.45) is 0 Å². The lowest BCUT2D eigenvalue weighted by Gasteiger charge is -2.28. The van der Waals surface area contributed by atoms with Gasteiger partial charge in [-0.1, -0.05) is 23.2 Å². The topological polar surface area (TPSA) is 116 Å². The van der Waals surface area contributed by atoms with Gasteiger partial charge in [-0.05, 0) is 42.8 Å². The molecule has 3 aromatic rings. The zero-order valence-electron chi connectivity index (χ0n) is 20.0. The van der Waals surface area contributed by atoms with Crippen molar-refractivity contribution < 1.29 is 35.9 Å². The molecular weight excluding hydrogens is 609 g/mol. The third-order valence-corrected chi connectivity index (χ3v) is 8.22. The number of rotatable bonds is 7. The molecule has 1 atom stereocenters. The summed E-state index contributed by atoms with van der Waals surface area (Å²) >= 11 is 13.4. The van der Waals surface area contributed by atoms with E-state index < -0.39 is 22.2 Å². The lowest BCUT2D eigenvalue weighted by Crippen LogP contribution is -2.34. The number of likely N-dealkylation sites (tertiary alicyclic amines) is 1. The van der Waals surface area contributed by atoms with Crippen LogP contribution in [0.5, 0.6) is 0 Å². The second kappa shape index (κ2) is 12.6. The van der Waals surface area contributed by atoms with E-state index in [4.69, 9.17) is 33.1 Å². The molecule has 0 unspecified atom stereocenters. The zero-order valence-corrected chi connectivity index (χ0v) is 23.1. The van der Waals surface area contributed by atoms with Gasteiger partial charge in [0, 0.05) is 54.8 Å². The number of hydrogen-bond acceptors (Lipinski definition) is 8. The third-order valence-electron chi connectivity index (χ3n) is 5.63. The Hall–Kier alpha value is -2.72. The predicted molar refractivity (Wildman–Crippen MR) is 139 cm³/mol. The van der Waals surface area contributed by atoms with Gasteiger partial charge in [0.15, 0.2) is 0 Å². The van der Waals surface area contributed by atoms with Crippen molar-refractivity contribution >= 4 is 61.5 Å². The maximum absolute atomic E-state index is 14.1. The molecular formula is C22H21Cl2F4N5O4S2. The van der Waals surface area contributed by atoms with Gasteiger partial charge in [0.25, 0.3) is 10.0 Å². The average molecular weight is 630 g/mol. The molecule has 0 radical (unpaired) electrons. The summed E-state index contributed by atoms with van der Waals surface area (Å²) in [6.07, 6.45) is -2.94. The summed E-state index contributed by atoms with van der Waals surface area (Å²) in [7, 11) is -1.90. The Morgan fingerprint density at radius 1 is 1.26 bits per heavy atom. The van der Waals surface area contributed by atoms with Crippen LogP contribution in [0.1, 0.15) is 12.0 Å². The molecule has 1 aliphatic rings. The van der Waals surface area contributed by atoms with Gasteiger partial charge in [-0.2, -0.15) is 17.5 Å². The zero-order chi connectivity index (χ0) is 29.0. The number of carboxylic acids is 1. The van der Waals surface area contributed by atoms with E-state index in [1.807, 2.05) is 11.9 Å². The summed E-state index contributed by atoms with van der Waals surface area (Å²) < 4.78 is 77.1. The van der Waals surface area contributed by atoms with E-state index in [0.717, 1.165) is 36.7 Å². The van der Waals surface area contributed by atoms with Crippen LogP contribution in [0.4, 0.5) is 28.4 Å². The highest BCUT2D eigenvalue weighted by Gasteiger charge is 2.38. The molecule has 0 spiro atoms. The molecule has 0 bridgehead atoms. The van der Waals surface area contributed by atoms with Crippen molar-refractivity contribution in [2.75, 3.05) is 29.8 Å². The molecule has 0 amide bonds. The molecule has 2 N–H and O–H groups in total. The van der Waals surface area contributed by atoms with Crippen LogP contribution in [0.25, 0.3) is 0 Å². The molecule has 1 aromatic heterocycles. The quantitative estimate of drug-likeness (QED) is 0.346. The van der Waals surface area contributed by atoms with Crippen LogP contribution in [0, 0.1) is 5.82 Å². The second-order valence-corrected chi connectivity index (χ2v) is 11.6. The number of sulfonamides is 1. The molecule has 0 saturated carbocycles. The van der Waals surface area contributed by atoms with Gasteiger partial charge in [0.1, 0.15) is 12.1 Å². The van der Waals surface area contributed by atoms with Crippen LogP contribution in [0.2, 0.25) is 10.0 Å². The Labute approximate surface area is 235 Å². The maximum atomic E-state index is 14.1. The lowest BCUT2D eigenvalue weighted by molar-refractivity contribution is -0.192. The van der Waals surface area contributed by atoms with Crippen molar-refractivity contribution in [1.82, 2.24) is 14.3 Å². The molecule has 4 rings (SSSR count). The van der Waals surface area contributed by atoms with Crippen LogP contribution in [-0.2, 0) is 21.4 Å². The number of likely N-dealkylation sites (N-methyl/N-ethyl adjacent to an activating group) is 1. The van der Waals surface area contributed by atoms with Gasteiger partial charge in [0.05, 0.1) is 15.6 Å². The van der Waals surface area contributed by atoms with Crippen molar-refractivity contribution in [3.8, 4) is 0 Å². The number of anilines is 2. The molecule has 17 heteroatoms. The van der Waals surface area contributed by atoms with E-state index in [2.05, 4.69) is 19.0 Å². The number of halogens is 6. The second-order valence-electron chi connectivity index (χ2n) is 8.29. The summed E-state index contributed by atoms with van der Waals surface area (Å²) in [4.78, 5) is 17.0. The summed E-state index contributed by atoms with van der Waals surface area (Å²) in [6, 6.07) is 9.34. The summed E-state index contributed by atoms with van der Waals surface area (Å²) in [5, 5.41) is 8.15. The van der Waals surface area contributed by atoms with Gasteiger partial charge in [0.2, 0.25) is 5.13 Å². The normalized spacial score (nSPS) is 15.9. The predicted octanol–water partition coefficient (Wildman–Crippen LogP) is 5.13. The van der Waals surface area contributed by atoms with Crippen LogP contribution >= 0.6 is 34.7 Å². The number of aromatic nitrogens is 2. The average Bonchev–Trinajstić information content (AvgIpc) is 3.53. The number of carbonyl (C=O) groups is 1. The summed E-state index contributed by atoms with van der Waals surface area (Å²) in [5.41, 5.74) is 1.29. The Morgan fingerprint density at radius 2 is 1.95 bits per heavy atom. The number of alkyl halides is 3. The highest BCUT2D eigenvalue weighted by atomic mass is 35.5. The van der Waals surface area contributed by atoms with Crippen molar-refractivity contribution in [2.45, 2.75) is 30.1 Å². The van der Waals surface area contributed by atoms with Crippen LogP contribution in [0.3, 0.4) is 0 Å². The highest BCUT2D eigenvalue weighted by Crippen LogP contribution is 2.32. The Morgan fingerprint density at radius 3 is 2.54 bits per heavy atom. The van der Waals surface area contributed by atoms with Crippen LogP contribution in [-0.4, -0.2) is 66.1 Å². The first-order valence-corrected chi connectivity index (χ1v) is 14.0. The van der Waals surface area contributed by atoms with Crippen molar-refractivity contribution in [3.05, 3.63) is 64.2 Å². The highest BCUT2D eigenvalue weighted by molar-refractivity contribution is 7.93. The van der Waals surface area contributed by atoms with Gasteiger partial charge in [-0.3, -0.25) is 9.62 Å². The van der Waals surface area contributed by atoms with E-state index in [1.54, 1.807) is 12.1 Å². The Balaban J connectivity index is 0.000000532. The number of nitrogens with one attached hydrogen (secondary N) is 1. The lowest BCUT2D eigenvalue weighted by atomic mass is 10.2. The van der Waals surface area contributed by atoms with Crippen molar-refractivity contribution in [3.63, 3.8) is 0 Å². The standard InChI is InChI=1S/C20H20Cl2FN5O2S2.C2HF3O2/c1-27(15-6-7-28(11-15)10-13-8-14(21)2-4-18(13)23)19-5-3-16(9-17(19)22)32(29,30)26-20-24-12-25-31-20;3-2(4,5)1(6)7/h2-5,8-9,12,15H,6-7,10-11H2,1H3,(H,24,25,26);(H,6,7)/t15-;/m0./s1. The van der Waals surface area contributed by atoms with E-state index in [-0.39, 0.29) is 21.9 Å². The first kappa shape index (κ1) is 30.8. The Kier molecular flexibility index (Phi) is 9.98. The fraction of sp³-hybridized carbons (Fsp3) is 0.318. The summed E-state index contributed by atoms with van der Waals surface area (Å²) in [5.74, 6) is -3.03. The minimum atomic E-state index is -5.08. The number of aliphatic carboxylic acids is 1. The number of hydrogen-bond donors (Lipinski definition) is 2. The monoisotopic (exact) mass is 629 g/mol. The molecule has 1 fully saturated rings. The third kappa shape index (κ3) is 8.38. The van der Waals surface area contributed by atoms with Gasteiger partial charge >= 0.3 is 12.1 Å². The maximum Gasteiger partial charge on any atom is 0.490 e. The van der Waals surface area contributed by atoms with E-state index >= 15 is 0 Å². The smallest absolute Gasteiger partial charge is 0.475 e. The fourth-order valence-corrected chi connectivity index (χ4v) is 5.97. The van der Waals surface area contributed by atoms with Crippen LogP contribution < -0.4 is 9.62 Å². The molecule has 1 saturated heterocycles. The number of carboxylic acid groups (broad SMARTS) is 1. The van der Waals surface area contributed by atoms with E-state index in [9.17, 15) is 26.0 Å². The van der Waals surface area contributed by atoms with Gasteiger partial charge in [-0.15, -0.1) is 0 Å². The molecule has 39 heavy (non-hydrogen) atoms. The van der Waals surface area contributed by atoms with Gasteiger partial charge in [-0.25, -0.2) is 22.6 Å². The van der Waals surface area contributed by atoms with E-state index in [0.29, 0.717) is 22.2 Å². The fourth-order valence-electron chi connectivity index (χ4n) is 3.71. The SMILES string of the molecule is CN(c1ccc(S(=O)(=O)Nc2ncns2)cc1Cl)[C@H]1CCN(Cc2cc(Cl)ccc2F)C1.O=C(O)C(F)(F)F. The largest absolute Gasteiger partial charge is 0.490 e. The molecule has 2 heterocycles. The summed E-state index contributed by atoms with van der Waals surface area (Å²) in [6.45, 7) is 1.99. The molecule has 1 aliphatic heterocycles. The molecule has 2 aromatic carbocycles.